The molecule has 240 valence electrons. The van der Waals surface area contributed by atoms with Crippen molar-refractivity contribution in [1.29, 1.82) is 0 Å². The fourth-order valence-electron chi connectivity index (χ4n) is 7.65. The number of hydrogen-bond donors (Lipinski definition) is 0. The van der Waals surface area contributed by atoms with Crippen LogP contribution in [0.15, 0.2) is 176 Å². The first-order chi connectivity index (χ1) is 25.2. The van der Waals surface area contributed by atoms with Crippen LogP contribution in [0.25, 0.3) is 67.2 Å². The summed E-state index contributed by atoms with van der Waals surface area (Å²) in [6.45, 7) is 2.37. The van der Waals surface area contributed by atoms with E-state index in [9.17, 15) is 0 Å². The zero-order valence-electron chi connectivity index (χ0n) is 28.3. The fourth-order valence-corrected chi connectivity index (χ4v) is 7.65. The number of nitrogens with zero attached hydrogens (tertiary/aromatic N) is 2. The molecule has 0 saturated carbocycles. The highest BCUT2D eigenvalue weighted by Gasteiger charge is 2.28. The van der Waals surface area contributed by atoms with Crippen molar-refractivity contribution in [3.05, 3.63) is 204 Å². The van der Waals surface area contributed by atoms with Crippen LogP contribution in [0.4, 0.5) is 0 Å². The standard InChI is InChI=1S/C49H34N2/c1-33-42-21-11-12-22-43(42)44-23-13-14-24-45(44)49(33)41-28-38(27-40(29-41)46-26-25-37(32-50-46)34-15-5-2-6-16-34)39-30-47(35-17-7-3-8-18-35)51-48(31-39)36-19-9-4-10-20-36/h2-3,5-9,11-33,42H,1H3. The lowest BCUT2D eigenvalue weighted by Gasteiger charge is -2.31. The molecule has 0 radical (unpaired) electrons. The highest BCUT2D eigenvalue weighted by atomic mass is 14.7. The molecule has 5 aromatic carbocycles. The van der Waals surface area contributed by atoms with Gasteiger partial charge in [-0.2, -0.15) is 0 Å². The average Bonchev–Trinajstić information content (AvgIpc) is 3.22. The van der Waals surface area contributed by atoms with Gasteiger partial charge in [0.1, 0.15) is 0 Å². The summed E-state index contributed by atoms with van der Waals surface area (Å²) in [6.07, 6.45) is 11.0. The molecule has 0 fully saturated rings. The van der Waals surface area contributed by atoms with Crippen molar-refractivity contribution in [2.75, 3.05) is 0 Å². The first-order valence-corrected chi connectivity index (χ1v) is 17.5. The van der Waals surface area contributed by atoms with Crippen molar-refractivity contribution in [1.82, 2.24) is 9.97 Å². The summed E-state index contributed by atoms with van der Waals surface area (Å²) >= 11 is 0. The van der Waals surface area contributed by atoms with Crippen molar-refractivity contribution < 1.29 is 0 Å². The summed E-state index contributed by atoms with van der Waals surface area (Å²) < 4.78 is 0. The zero-order chi connectivity index (χ0) is 34.1. The van der Waals surface area contributed by atoms with E-state index < -0.39 is 0 Å². The zero-order valence-corrected chi connectivity index (χ0v) is 28.3. The molecule has 2 heterocycles. The van der Waals surface area contributed by atoms with Gasteiger partial charge in [-0.1, -0.05) is 134 Å². The number of pyridine rings is 2. The molecule has 0 N–H and O–H groups in total. The van der Waals surface area contributed by atoms with Gasteiger partial charge < -0.3 is 0 Å². The second kappa shape index (κ2) is 13.0. The Hall–Kier alpha value is -6.56. The quantitative estimate of drug-likeness (QED) is 0.179. The van der Waals surface area contributed by atoms with E-state index in [0.717, 1.165) is 56.0 Å². The Morgan fingerprint density at radius 3 is 1.94 bits per heavy atom. The molecule has 51 heavy (non-hydrogen) atoms. The molecular weight excluding hydrogens is 617 g/mol. The number of benzene rings is 4. The normalized spacial score (nSPS) is 15.9. The predicted molar refractivity (Wildman–Crippen MR) is 209 cm³/mol. The smallest absolute Gasteiger partial charge is 0.0722 e. The summed E-state index contributed by atoms with van der Waals surface area (Å²) in [5.74, 6) is 0.579. The van der Waals surface area contributed by atoms with E-state index in [2.05, 4.69) is 159 Å². The minimum absolute atomic E-state index is 0.275. The van der Waals surface area contributed by atoms with E-state index in [0.29, 0.717) is 5.92 Å². The topological polar surface area (TPSA) is 25.8 Å². The fraction of sp³-hybridized carbons (Fsp3) is 0.0612. The Morgan fingerprint density at radius 1 is 0.510 bits per heavy atom. The number of rotatable bonds is 6. The van der Waals surface area contributed by atoms with Gasteiger partial charge in [0, 0.05) is 34.4 Å². The van der Waals surface area contributed by atoms with Crippen molar-refractivity contribution in [3.63, 3.8) is 0 Å². The Bertz CT molecular complexity index is 2510. The monoisotopic (exact) mass is 650 g/mol. The molecule has 2 nitrogen and oxygen atoms in total. The van der Waals surface area contributed by atoms with Crippen LogP contribution in [0.1, 0.15) is 12.5 Å². The van der Waals surface area contributed by atoms with Gasteiger partial charge in [0.25, 0.3) is 0 Å². The molecule has 0 aliphatic heterocycles. The Morgan fingerprint density at radius 2 is 1.20 bits per heavy atom. The van der Waals surface area contributed by atoms with E-state index in [1.807, 2.05) is 36.5 Å². The van der Waals surface area contributed by atoms with E-state index in [-0.39, 0.29) is 5.92 Å². The number of fused-ring (bicyclic) bond motifs is 2. The first kappa shape index (κ1) is 30.5. The summed E-state index contributed by atoms with van der Waals surface area (Å²) in [4.78, 5) is 10.2. The van der Waals surface area contributed by atoms with E-state index in [4.69, 9.17) is 9.97 Å². The minimum Gasteiger partial charge on any atom is -0.256 e. The molecule has 2 aromatic heterocycles. The third-order valence-corrected chi connectivity index (χ3v) is 10.2. The minimum atomic E-state index is 0.275. The lowest BCUT2D eigenvalue weighted by molar-refractivity contribution is 0.632. The summed E-state index contributed by atoms with van der Waals surface area (Å²) in [7, 11) is 0. The molecule has 2 unspecified atom stereocenters. The number of hydrogen-bond acceptors (Lipinski definition) is 2. The van der Waals surface area contributed by atoms with Crippen molar-refractivity contribution in [3.8, 4) is 56.0 Å². The highest BCUT2D eigenvalue weighted by Crippen LogP contribution is 2.40. The Labute approximate surface area is 299 Å². The molecule has 7 aromatic rings. The van der Waals surface area contributed by atoms with Crippen molar-refractivity contribution in [2.45, 2.75) is 6.92 Å². The van der Waals surface area contributed by atoms with Gasteiger partial charge in [-0.05, 0) is 104 Å². The Balaban J connectivity index is 1.29. The third kappa shape index (κ3) is 5.80. The van der Waals surface area contributed by atoms with Crippen LogP contribution in [0.3, 0.4) is 0 Å². The van der Waals surface area contributed by atoms with Crippen LogP contribution in [0, 0.1) is 24.0 Å². The van der Waals surface area contributed by atoms with Gasteiger partial charge in [-0.15, -0.1) is 0 Å². The molecule has 2 heteroatoms. The molecule has 0 spiro atoms. The average molecular weight is 651 g/mol. The second-order valence-corrected chi connectivity index (χ2v) is 13.3. The molecule has 9 rings (SSSR count). The summed E-state index contributed by atoms with van der Waals surface area (Å²) in [6, 6.07) is 57.6. The molecule has 0 amide bonds. The van der Waals surface area contributed by atoms with Gasteiger partial charge in [-0.25, -0.2) is 4.98 Å². The molecule has 2 aliphatic rings. The first-order valence-electron chi connectivity index (χ1n) is 17.5. The molecule has 0 saturated heterocycles. The van der Waals surface area contributed by atoms with Crippen molar-refractivity contribution >= 4 is 11.1 Å². The lowest BCUT2D eigenvalue weighted by Crippen LogP contribution is -2.39. The van der Waals surface area contributed by atoms with Crippen LogP contribution < -0.4 is 10.4 Å². The molecular formula is C49H34N2. The van der Waals surface area contributed by atoms with E-state index >= 15 is 0 Å². The predicted octanol–water partition coefficient (Wildman–Crippen LogP) is 10.2. The summed E-state index contributed by atoms with van der Waals surface area (Å²) in [5.41, 5.74) is 14.4. The van der Waals surface area contributed by atoms with E-state index in [1.54, 1.807) is 0 Å². The molecule has 0 bridgehead atoms. The maximum atomic E-state index is 5.15. The highest BCUT2D eigenvalue weighted by molar-refractivity contribution is 5.85. The van der Waals surface area contributed by atoms with Crippen LogP contribution in [-0.2, 0) is 0 Å². The third-order valence-electron chi connectivity index (χ3n) is 10.2. The van der Waals surface area contributed by atoms with Gasteiger partial charge in [-0.3, -0.25) is 4.98 Å². The van der Waals surface area contributed by atoms with Gasteiger partial charge in [0.15, 0.2) is 0 Å². The molecule has 2 atom stereocenters. The van der Waals surface area contributed by atoms with Crippen molar-refractivity contribution in [2.24, 2.45) is 11.8 Å². The Kier molecular flexibility index (Phi) is 7.80. The SMILES string of the molecule is CC1C(c2cc(-c3cc(-c4cc#ccc4)nc(-c4ccccc4)c3)cc(-c3ccc(-c4ccccc4)cn3)c2)=c2ccccc2=C2C=CC=CC21. The largest absolute Gasteiger partial charge is 0.256 e. The number of aromatic nitrogens is 2. The van der Waals surface area contributed by atoms with E-state index in [1.165, 1.54) is 27.1 Å². The van der Waals surface area contributed by atoms with Gasteiger partial charge in [0.05, 0.1) is 17.1 Å². The maximum Gasteiger partial charge on any atom is 0.0722 e. The van der Waals surface area contributed by atoms with Crippen LogP contribution >= 0.6 is 0 Å². The van der Waals surface area contributed by atoms with Crippen LogP contribution in [0.2, 0.25) is 0 Å². The lowest BCUT2D eigenvalue weighted by atomic mass is 9.72. The number of allylic oxidation sites excluding steroid dienone is 4. The molecule has 2 aliphatic carbocycles. The van der Waals surface area contributed by atoms with Gasteiger partial charge in [0.2, 0.25) is 0 Å². The summed E-state index contributed by atoms with van der Waals surface area (Å²) in [5, 5.41) is 2.60. The maximum absolute atomic E-state index is 5.15. The second-order valence-electron chi connectivity index (χ2n) is 13.3. The van der Waals surface area contributed by atoms with Gasteiger partial charge >= 0.3 is 0 Å². The van der Waals surface area contributed by atoms with Crippen LogP contribution in [-0.4, -0.2) is 9.97 Å². The van der Waals surface area contributed by atoms with Crippen LogP contribution in [0.5, 0.6) is 0 Å².